The van der Waals surface area contributed by atoms with Gasteiger partial charge in [-0.3, -0.25) is 4.79 Å². The number of halogens is 3. The first-order chi connectivity index (χ1) is 15.7. The molecule has 6 nitrogen and oxygen atoms in total. The second-order valence-corrected chi connectivity index (χ2v) is 9.06. The summed E-state index contributed by atoms with van der Waals surface area (Å²) in [5.74, 6) is -1.49. The number of benzene rings is 2. The van der Waals surface area contributed by atoms with Crippen molar-refractivity contribution in [3.05, 3.63) is 81.2 Å². The minimum atomic E-state index is -0.795. The maximum atomic E-state index is 13.8. The lowest BCUT2D eigenvalue weighted by atomic mass is 9.86. The van der Waals surface area contributed by atoms with E-state index >= 15 is 0 Å². The normalized spacial score (nSPS) is 14.4. The molecule has 174 valence electrons. The molecule has 0 aliphatic carbocycles. The summed E-state index contributed by atoms with van der Waals surface area (Å²) in [6.07, 6.45) is 1.51. The second kappa shape index (κ2) is 9.49. The molecule has 1 aromatic heterocycles. The highest BCUT2D eigenvalue weighted by Crippen LogP contribution is 2.29. The highest BCUT2D eigenvalue weighted by Gasteiger charge is 2.26. The van der Waals surface area contributed by atoms with Crippen molar-refractivity contribution in [3.8, 4) is 11.4 Å². The summed E-state index contributed by atoms with van der Waals surface area (Å²) in [7, 11) is 0. The Balaban J connectivity index is 1.73. The fourth-order valence-corrected chi connectivity index (χ4v) is 3.90. The molecule has 1 N–H and O–H groups in total. The van der Waals surface area contributed by atoms with Gasteiger partial charge in [0.1, 0.15) is 17.3 Å². The van der Waals surface area contributed by atoms with Gasteiger partial charge < -0.3 is 15.0 Å². The molecule has 4 rings (SSSR count). The van der Waals surface area contributed by atoms with Crippen molar-refractivity contribution in [3.63, 3.8) is 0 Å². The van der Waals surface area contributed by atoms with Crippen LogP contribution >= 0.6 is 11.6 Å². The van der Waals surface area contributed by atoms with E-state index in [1.54, 1.807) is 0 Å². The lowest BCUT2D eigenvalue weighted by Gasteiger charge is -2.31. The van der Waals surface area contributed by atoms with Crippen LogP contribution in [0.25, 0.3) is 5.69 Å². The summed E-state index contributed by atoms with van der Waals surface area (Å²) in [5, 5.41) is 8.10. The fraction of sp³-hybridized carbons (Fsp3) is 0.333. The van der Waals surface area contributed by atoms with Gasteiger partial charge >= 0.3 is 5.56 Å². The Labute approximate surface area is 195 Å². The zero-order valence-corrected chi connectivity index (χ0v) is 19.2. The molecular weight excluding hydrogens is 450 g/mol. The van der Waals surface area contributed by atoms with Crippen LogP contribution in [0.15, 0.2) is 53.5 Å². The minimum Gasteiger partial charge on any atom is -0.485 e. The predicted octanol–water partition coefficient (Wildman–Crippen LogP) is 3.93. The van der Waals surface area contributed by atoms with E-state index in [4.69, 9.17) is 16.3 Å². The van der Waals surface area contributed by atoms with E-state index in [1.807, 2.05) is 43.0 Å². The maximum Gasteiger partial charge on any atom is 0.316 e. The van der Waals surface area contributed by atoms with Crippen molar-refractivity contribution in [2.24, 2.45) is 0 Å². The molecule has 1 aliphatic rings. The summed E-state index contributed by atoms with van der Waals surface area (Å²) in [4.78, 5) is 15.4. The number of nitrogens with zero attached hydrogens (tertiary/aromatic N) is 3. The molecule has 0 atom stereocenters. The Morgan fingerprint density at radius 2 is 1.73 bits per heavy atom. The molecule has 2 heterocycles. The Morgan fingerprint density at radius 1 is 1.09 bits per heavy atom. The van der Waals surface area contributed by atoms with Crippen molar-refractivity contribution in [1.29, 1.82) is 0 Å². The second-order valence-electron chi connectivity index (χ2n) is 8.62. The number of rotatable bonds is 6. The number of ether oxygens (including phenoxy) is 1. The predicted molar refractivity (Wildman–Crippen MR) is 125 cm³/mol. The van der Waals surface area contributed by atoms with Gasteiger partial charge in [0.05, 0.1) is 18.5 Å². The van der Waals surface area contributed by atoms with E-state index in [0.29, 0.717) is 23.8 Å². The molecule has 2 aromatic carbocycles. The van der Waals surface area contributed by atoms with Crippen LogP contribution in [0.2, 0.25) is 5.02 Å². The van der Waals surface area contributed by atoms with Crippen molar-refractivity contribution in [2.45, 2.75) is 19.3 Å². The van der Waals surface area contributed by atoms with Gasteiger partial charge in [0.25, 0.3) is 0 Å². The van der Waals surface area contributed by atoms with E-state index in [0.717, 1.165) is 41.5 Å². The lowest BCUT2D eigenvalue weighted by Crippen LogP contribution is -2.44. The fourth-order valence-electron chi connectivity index (χ4n) is 3.78. The third-order valence-corrected chi connectivity index (χ3v) is 5.92. The van der Waals surface area contributed by atoms with Gasteiger partial charge in [-0.05, 0) is 29.8 Å². The number of anilines is 1. The largest absolute Gasteiger partial charge is 0.485 e. The topological polar surface area (TPSA) is 59.4 Å². The van der Waals surface area contributed by atoms with E-state index < -0.39 is 22.6 Å². The lowest BCUT2D eigenvalue weighted by molar-refractivity contribution is 0.236. The quantitative estimate of drug-likeness (QED) is 0.586. The first-order valence-electron chi connectivity index (χ1n) is 10.7. The van der Waals surface area contributed by atoms with Crippen LogP contribution in [-0.4, -0.2) is 42.6 Å². The van der Waals surface area contributed by atoms with Crippen LogP contribution in [0.3, 0.4) is 0 Å². The van der Waals surface area contributed by atoms with Gasteiger partial charge in [-0.2, -0.15) is 9.78 Å². The zero-order valence-electron chi connectivity index (χ0n) is 18.4. The summed E-state index contributed by atoms with van der Waals surface area (Å²) < 4.78 is 34.7. The first kappa shape index (κ1) is 23.2. The number of hydrogen-bond donors (Lipinski definition) is 1. The van der Waals surface area contributed by atoms with Gasteiger partial charge in [0.2, 0.25) is 5.75 Å². The molecule has 0 radical (unpaired) electrons. The molecule has 0 unspecified atom stereocenters. The molecule has 1 fully saturated rings. The Morgan fingerprint density at radius 3 is 2.36 bits per heavy atom. The Hall–Kier alpha value is -2.97. The van der Waals surface area contributed by atoms with Crippen LogP contribution in [0.5, 0.6) is 5.75 Å². The molecule has 1 saturated heterocycles. The van der Waals surface area contributed by atoms with E-state index in [-0.39, 0.29) is 18.0 Å². The smallest absolute Gasteiger partial charge is 0.316 e. The van der Waals surface area contributed by atoms with Crippen LogP contribution in [-0.2, 0) is 5.41 Å². The van der Waals surface area contributed by atoms with Gasteiger partial charge in [-0.15, -0.1) is 0 Å². The van der Waals surface area contributed by atoms with Crippen molar-refractivity contribution < 1.29 is 13.5 Å². The highest BCUT2D eigenvalue weighted by molar-refractivity contribution is 6.30. The maximum absolute atomic E-state index is 13.8. The average molecular weight is 475 g/mol. The summed E-state index contributed by atoms with van der Waals surface area (Å²) in [6.45, 7) is 7.07. The third-order valence-electron chi connectivity index (χ3n) is 5.67. The number of hydrogen-bond acceptors (Lipinski definition) is 5. The molecule has 3 aromatic rings. The molecule has 33 heavy (non-hydrogen) atoms. The van der Waals surface area contributed by atoms with Crippen LogP contribution < -0.4 is 20.5 Å². The van der Waals surface area contributed by atoms with Crippen molar-refractivity contribution >= 4 is 17.3 Å². The third kappa shape index (κ3) is 5.17. The molecule has 0 amide bonds. The number of piperazine rings is 1. The van der Waals surface area contributed by atoms with Crippen molar-refractivity contribution in [2.75, 3.05) is 37.7 Å². The Kier molecular flexibility index (Phi) is 6.67. The van der Waals surface area contributed by atoms with E-state index in [1.165, 1.54) is 6.20 Å². The molecule has 0 saturated carbocycles. The molecule has 0 spiro atoms. The van der Waals surface area contributed by atoms with Crippen LogP contribution in [0.1, 0.15) is 19.4 Å². The van der Waals surface area contributed by atoms with Gasteiger partial charge in [-0.25, -0.2) is 8.78 Å². The molecule has 0 bridgehead atoms. The molecular formula is C24H25ClF2N4O2. The van der Waals surface area contributed by atoms with Crippen molar-refractivity contribution in [1.82, 2.24) is 15.1 Å². The zero-order chi connectivity index (χ0) is 23.6. The first-order valence-corrected chi connectivity index (χ1v) is 11.1. The van der Waals surface area contributed by atoms with Crippen LogP contribution in [0.4, 0.5) is 14.5 Å². The number of aromatic nitrogens is 2. The molecule has 9 heteroatoms. The molecule has 1 aliphatic heterocycles. The Bertz CT molecular complexity index is 1170. The van der Waals surface area contributed by atoms with Gasteiger partial charge in [0.15, 0.2) is 0 Å². The summed E-state index contributed by atoms with van der Waals surface area (Å²) >= 11 is 6.01. The van der Waals surface area contributed by atoms with E-state index in [2.05, 4.69) is 10.4 Å². The SMILES string of the molecule is CC(C)(COc1c(N2CCNCC2)cnn(-c2cc(F)cc(F)c2)c1=O)c1ccc(Cl)cc1. The van der Waals surface area contributed by atoms with E-state index in [9.17, 15) is 13.6 Å². The average Bonchev–Trinajstić information content (AvgIpc) is 2.78. The minimum absolute atomic E-state index is 0.00817. The van der Waals surface area contributed by atoms with Crippen LogP contribution in [0, 0.1) is 11.6 Å². The standard InChI is InChI=1S/C24H25ClF2N4O2/c1-24(2,16-3-5-17(25)6-4-16)15-33-22-21(30-9-7-28-8-10-30)14-29-31(23(22)32)20-12-18(26)11-19(27)13-20/h3-6,11-14,28H,7-10,15H2,1-2H3. The van der Waals surface area contributed by atoms with Gasteiger partial charge in [-0.1, -0.05) is 37.6 Å². The summed E-state index contributed by atoms with van der Waals surface area (Å²) in [6, 6.07) is 10.3. The monoisotopic (exact) mass is 474 g/mol. The highest BCUT2D eigenvalue weighted by atomic mass is 35.5. The van der Waals surface area contributed by atoms with Gasteiger partial charge in [0, 0.05) is 42.7 Å². The summed E-state index contributed by atoms with van der Waals surface area (Å²) in [5.41, 5.74) is 0.532. The number of nitrogens with one attached hydrogen (secondary N) is 1.